The van der Waals surface area contributed by atoms with Gasteiger partial charge in [-0.25, -0.2) is 0 Å². The molecule has 1 aromatic rings. The second-order valence-corrected chi connectivity index (χ2v) is 5.92. The van der Waals surface area contributed by atoms with Crippen LogP contribution in [0.2, 0.25) is 0 Å². The van der Waals surface area contributed by atoms with Crippen molar-refractivity contribution in [3.05, 3.63) is 42.0 Å². The van der Waals surface area contributed by atoms with Crippen molar-refractivity contribution in [1.29, 1.82) is 0 Å². The smallest absolute Gasteiger partial charge is 0.246 e. The molecule has 4 nitrogen and oxygen atoms in total. The lowest BCUT2D eigenvalue weighted by molar-refractivity contribution is -0.130. The molecule has 1 aliphatic rings. The predicted octanol–water partition coefficient (Wildman–Crippen LogP) is 2.27. The second-order valence-electron chi connectivity index (χ2n) is 5.92. The fraction of sp³-hybridized carbons (Fsp3) is 0.500. The first-order valence-corrected chi connectivity index (χ1v) is 7.93. The highest BCUT2D eigenvalue weighted by Crippen LogP contribution is 2.15. The van der Waals surface area contributed by atoms with Crippen LogP contribution < -0.4 is 0 Å². The Labute approximate surface area is 133 Å². The van der Waals surface area contributed by atoms with Gasteiger partial charge in [0.25, 0.3) is 0 Å². The number of carbonyl (C=O) groups excluding carboxylic acids is 1. The molecule has 0 bridgehead atoms. The summed E-state index contributed by atoms with van der Waals surface area (Å²) in [6, 6.07) is 10.2. The predicted molar refractivity (Wildman–Crippen MR) is 89.6 cm³/mol. The van der Waals surface area contributed by atoms with Gasteiger partial charge in [0.15, 0.2) is 0 Å². The number of amides is 1. The van der Waals surface area contributed by atoms with Crippen LogP contribution in [-0.4, -0.2) is 62.1 Å². The minimum absolute atomic E-state index is 0.0950. The Morgan fingerprint density at radius 1 is 1.18 bits per heavy atom. The number of hydrogen-bond donors (Lipinski definition) is 0. The molecular weight excluding hydrogens is 276 g/mol. The number of nitrogens with zero attached hydrogens (tertiary/aromatic N) is 2. The van der Waals surface area contributed by atoms with Gasteiger partial charge < -0.3 is 14.5 Å². The van der Waals surface area contributed by atoms with E-state index < -0.39 is 0 Å². The number of rotatable bonds is 6. The lowest BCUT2D eigenvalue weighted by Gasteiger charge is -2.34. The fourth-order valence-electron chi connectivity index (χ4n) is 2.60. The maximum Gasteiger partial charge on any atom is 0.246 e. The summed E-state index contributed by atoms with van der Waals surface area (Å²) in [5, 5.41) is 0. The van der Waals surface area contributed by atoms with E-state index >= 15 is 0 Å². The SMILES string of the molecule is CN(C)CCN(C(=O)/C=C/c1ccccc1)C1CCOCC1. The maximum absolute atomic E-state index is 12.6. The Morgan fingerprint density at radius 3 is 2.50 bits per heavy atom. The summed E-state index contributed by atoms with van der Waals surface area (Å²) in [7, 11) is 4.07. The molecule has 0 unspecified atom stereocenters. The van der Waals surface area contributed by atoms with Crippen molar-refractivity contribution >= 4 is 12.0 Å². The molecule has 120 valence electrons. The molecule has 0 aliphatic carbocycles. The number of hydrogen-bond acceptors (Lipinski definition) is 3. The first-order valence-electron chi connectivity index (χ1n) is 7.93. The van der Waals surface area contributed by atoms with E-state index in [4.69, 9.17) is 4.74 Å². The van der Waals surface area contributed by atoms with Gasteiger partial charge in [0.2, 0.25) is 5.91 Å². The van der Waals surface area contributed by atoms with Gasteiger partial charge in [-0.15, -0.1) is 0 Å². The fourth-order valence-corrected chi connectivity index (χ4v) is 2.60. The average Bonchev–Trinajstić information content (AvgIpc) is 2.55. The Bertz CT molecular complexity index is 479. The van der Waals surface area contributed by atoms with Crippen LogP contribution in [0.1, 0.15) is 18.4 Å². The topological polar surface area (TPSA) is 32.8 Å². The summed E-state index contributed by atoms with van der Waals surface area (Å²) in [4.78, 5) is 16.7. The molecule has 4 heteroatoms. The van der Waals surface area contributed by atoms with Crippen LogP contribution in [0.4, 0.5) is 0 Å². The minimum atomic E-state index is 0.0950. The molecule has 1 saturated heterocycles. The van der Waals surface area contributed by atoms with Crippen LogP contribution in [0.5, 0.6) is 0 Å². The molecule has 1 aliphatic heterocycles. The van der Waals surface area contributed by atoms with E-state index in [1.54, 1.807) is 6.08 Å². The number of benzene rings is 1. The number of ether oxygens (including phenoxy) is 1. The molecule has 0 radical (unpaired) electrons. The maximum atomic E-state index is 12.6. The molecule has 0 atom stereocenters. The standard InChI is InChI=1S/C18H26N2O2/c1-19(2)12-13-20(17-10-14-22-15-11-17)18(21)9-8-16-6-4-3-5-7-16/h3-9,17H,10-15H2,1-2H3/b9-8+. The van der Waals surface area contributed by atoms with E-state index in [0.29, 0.717) is 6.04 Å². The molecule has 2 rings (SSSR count). The van der Waals surface area contributed by atoms with Crippen LogP contribution in [0.3, 0.4) is 0 Å². The largest absolute Gasteiger partial charge is 0.381 e. The van der Waals surface area contributed by atoms with Gasteiger partial charge in [-0.3, -0.25) is 4.79 Å². The monoisotopic (exact) mass is 302 g/mol. The number of carbonyl (C=O) groups is 1. The van der Waals surface area contributed by atoms with E-state index in [0.717, 1.165) is 44.7 Å². The van der Waals surface area contributed by atoms with E-state index in [1.165, 1.54) is 0 Å². The van der Waals surface area contributed by atoms with Gasteiger partial charge in [0.05, 0.1) is 0 Å². The lowest BCUT2D eigenvalue weighted by Crippen LogP contribution is -2.45. The third-order valence-electron chi connectivity index (χ3n) is 3.92. The normalized spacial score (nSPS) is 16.3. The zero-order chi connectivity index (χ0) is 15.8. The van der Waals surface area contributed by atoms with Gasteiger partial charge in [-0.05, 0) is 38.6 Å². The van der Waals surface area contributed by atoms with Crippen molar-refractivity contribution in [3.63, 3.8) is 0 Å². The Morgan fingerprint density at radius 2 is 1.86 bits per heavy atom. The summed E-state index contributed by atoms with van der Waals surface area (Å²) in [6.45, 7) is 3.13. The summed E-state index contributed by atoms with van der Waals surface area (Å²) < 4.78 is 5.42. The van der Waals surface area contributed by atoms with Crippen LogP contribution >= 0.6 is 0 Å². The van der Waals surface area contributed by atoms with E-state index in [9.17, 15) is 4.79 Å². The van der Waals surface area contributed by atoms with E-state index in [-0.39, 0.29) is 5.91 Å². The highest BCUT2D eigenvalue weighted by molar-refractivity contribution is 5.92. The molecule has 0 N–H and O–H groups in total. The third-order valence-corrected chi connectivity index (χ3v) is 3.92. The van der Waals surface area contributed by atoms with E-state index in [2.05, 4.69) is 4.90 Å². The van der Waals surface area contributed by atoms with Crippen molar-refractivity contribution in [2.75, 3.05) is 40.4 Å². The molecular formula is C18H26N2O2. The third kappa shape index (κ3) is 5.28. The molecule has 22 heavy (non-hydrogen) atoms. The van der Waals surface area contributed by atoms with Gasteiger partial charge in [0, 0.05) is 38.4 Å². The van der Waals surface area contributed by atoms with Crippen molar-refractivity contribution in [3.8, 4) is 0 Å². The highest BCUT2D eigenvalue weighted by Gasteiger charge is 2.24. The molecule has 1 aromatic carbocycles. The Balaban J connectivity index is 2.02. The summed E-state index contributed by atoms with van der Waals surface area (Å²) in [6.07, 6.45) is 5.45. The zero-order valence-corrected chi connectivity index (χ0v) is 13.6. The molecule has 1 fully saturated rings. The quantitative estimate of drug-likeness (QED) is 0.756. The number of likely N-dealkylation sites (N-methyl/N-ethyl adjacent to an activating group) is 1. The van der Waals surface area contributed by atoms with Gasteiger partial charge in [-0.2, -0.15) is 0 Å². The molecule has 1 heterocycles. The second kappa shape index (κ2) is 8.71. The summed E-state index contributed by atoms with van der Waals surface area (Å²) >= 11 is 0. The highest BCUT2D eigenvalue weighted by atomic mass is 16.5. The van der Waals surface area contributed by atoms with Crippen molar-refractivity contribution in [2.24, 2.45) is 0 Å². The Kier molecular flexibility index (Phi) is 6.62. The molecule has 0 aromatic heterocycles. The van der Waals surface area contributed by atoms with Crippen molar-refractivity contribution in [1.82, 2.24) is 9.80 Å². The molecule has 1 amide bonds. The van der Waals surface area contributed by atoms with Crippen molar-refractivity contribution in [2.45, 2.75) is 18.9 Å². The first-order chi connectivity index (χ1) is 10.7. The van der Waals surface area contributed by atoms with Crippen molar-refractivity contribution < 1.29 is 9.53 Å². The van der Waals surface area contributed by atoms with E-state index in [1.807, 2.05) is 55.4 Å². The van der Waals surface area contributed by atoms with Gasteiger partial charge >= 0.3 is 0 Å². The first kappa shape index (κ1) is 16.7. The zero-order valence-electron chi connectivity index (χ0n) is 13.6. The molecule has 0 saturated carbocycles. The summed E-state index contributed by atoms with van der Waals surface area (Å²) in [5.74, 6) is 0.0950. The van der Waals surface area contributed by atoms with Crippen LogP contribution in [0.25, 0.3) is 6.08 Å². The van der Waals surface area contributed by atoms with Crippen LogP contribution in [0.15, 0.2) is 36.4 Å². The van der Waals surface area contributed by atoms with Gasteiger partial charge in [0.1, 0.15) is 0 Å². The van der Waals surface area contributed by atoms with Gasteiger partial charge in [-0.1, -0.05) is 30.3 Å². The molecule has 0 spiro atoms. The minimum Gasteiger partial charge on any atom is -0.381 e. The van der Waals surface area contributed by atoms with Crippen LogP contribution in [0, 0.1) is 0 Å². The summed E-state index contributed by atoms with van der Waals surface area (Å²) in [5.41, 5.74) is 1.05. The van der Waals surface area contributed by atoms with Crippen LogP contribution in [-0.2, 0) is 9.53 Å². The Hall–Kier alpha value is -1.65. The average molecular weight is 302 g/mol. The lowest BCUT2D eigenvalue weighted by atomic mass is 10.1.